The van der Waals surface area contributed by atoms with Crippen LogP contribution < -0.4 is 5.32 Å². The average Bonchev–Trinajstić information content (AvgIpc) is 2.70. The van der Waals surface area contributed by atoms with Gasteiger partial charge in [-0.05, 0) is 12.1 Å². The van der Waals surface area contributed by atoms with Crippen LogP contribution in [-0.4, -0.2) is 35.1 Å². The minimum absolute atomic E-state index is 0.0550. The Kier molecular flexibility index (Phi) is 3.78. The van der Waals surface area contributed by atoms with Gasteiger partial charge in [0.15, 0.2) is 0 Å². The van der Waals surface area contributed by atoms with Crippen LogP contribution >= 0.6 is 0 Å². The van der Waals surface area contributed by atoms with Gasteiger partial charge in [0.1, 0.15) is 12.4 Å². The lowest BCUT2D eigenvalue weighted by Gasteiger charge is -2.12. The third-order valence-corrected chi connectivity index (χ3v) is 2.63. The maximum absolute atomic E-state index is 13.8. The zero-order chi connectivity index (χ0) is 13.8. The topological polar surface area (TPSA) is 69.6 Å². The third kappa shape index (κ3) is 2.89. The van der Waals surface area contributed by atoms with E-state index in [1.165, 1.54) is 12.1 Å². The number of hydrogen-bond acceptors (Lipinski definition) is 3. The van der Waals surface area contributed by atoms with Crippen LogP contribution in [0.5, 0.6) is 0 Å². The fraction of sp³-hybridized carbons (Fsp3) is 0.231. The second-order valence-electron chi connectivity index (χ2n) is 3.90. The van der Waals surface area contributed by atoms with Crippen molar-refractivity contribution >= 4 is 11.9 Å². The summed E-state index contributed by atoms with van der Waals surface area (Å²) < 4.78 is 13.8. The molecule has 1 aliphatic heterocycles. The molecule has 0 saturated carbocycles. The molecule has 2 N–H and O–H groups in total. The number of rotatable bonds is 2. The van der Waals surface area contributed by atoms with E-state index in [1.807, 2.05) is 0 Å². The third-order valence-electron chi connectivity index (χ3n) is 2.63. The Bertz CT molecular complexity index is 573. The van der Waals surface area contributed by atoms with Crippen LogP contribution in [0.1, 0.15) is 11.1 Å². The van der Waals surface area contributed by atoms with E-state index < -0.39 is 11.8 Å². The summed E-state index contributed by atoms with van der Waals surface area (Å²) in [6.45, 7) is -0.462. The number of aliphatic hydroxyl groups is 1. The first-order valence-electron chi connectivity index (χ1n) is 5.58. The summed E-state index contributed by atoms with van der Waals surface area (Å²) in [5.74, 6) is 4.06. The van der Waals surface area contributed by atoms with Crippen molar-refractivity contribution < 1.29 is 19.1 Å². The fourth-order valence-electron chi connectivity index (χ4n) is 1.68. The minimum Gasteiger partial charge on any atom is -0.384 e. The van der Waals surface area contributed by atoms with Crippen molar-refractivity contribution in [2.75, 3.05) is 13.2 Å². The predicted molar refractivity (Wildman–Crippen MR) is 64.3 cm³/mol. The number of nitrogens with one attached hydrogen (secondary N) is 1. The summed E-state index contributed by atoms with van der Waals surface area (Å²) in [6.07, 6.45) is 0. The Morgan fingerprint density at radius 3 is 2.79 bits per heavy atom. The van der Waals surface area contributed by atoms with Crippen LogP contribution in [0.4, 0.5) is 9.18 Å². The molecule has 3 amide bonds. The Labute approximate surface area is 109 Å². The molecular formula is C13H11FN2O3. The molecule has 0 spiro atoms. The lowest BCUT2D eigenvalue weighted by molar-refractivity contribution is -0.125. The lowest BCUT2D eigenvalue weighted by Crippen LogP contribution is -2.30. The van der Waals surface area contributed by atoms with Crippen molar-refractivity contribution in [1.82, 2.24) is 10.2 Å². The van der Waals surface area contributed by atoms with E-state index >= 15 is 0 Å². The molecular weight excluding hydrogens is 251 g/mol. The number of amides is 3. The summed E-state index contributed by atoms with van der Waals surface area (Å²) in [6, 6.07) is 3.72. The van der Waals surface area contributed by atoms with E-state index in [2.05, 4.69) is 17.2 Å². The second kappa shape index (κ2) is 5.50. The maximum Gasteiger partial charge on any atom is 0.324 e. The molecule has 19 heavy (non-hydrogen) atoms. The molecule has 98 valence electrons. The van der Waals surface area contributed by atoms with Gasteiger partial charge in [0.2, 0.25) is 5.91 Å². The summed E-state index contributed by atoms with van der Waals surface area (Å²) in [7, 11) is 0. The highest BCUT2D eigenvalue weighted by molar-refractivity contribution is 6.01. The minimum atomic E-state index is -0.544. The van der Waals surface area contributed by atoms with Crippen LogP contribution in [0, 0.1) is 17.7 Å². The summed E-state index contributed by atoms with van der Waals surface area (Å²) >= 11 is 0. The highest BCUT2D eigenvalue weighted by Gasteiger charge is 2.28. The Morgan fingerprint density at radius 2 is 2.21 bits per heavy atom. The van der Waals surface area contributed by atoms with Crippen LogP contribution in [0.3, 0.4) is 0 Å². The van der Waals surface area contributed by atoms with Crippen molar-refractivity contribution in [2.45, 2.75) is 6.54 Å². The van der Waals surface area contributed by atoms with Gasteiger partial charge in [0.25, 0.3) is 0 Å². The van der Waals surface area contributed by atoms with E-state index in [0.717, 1.165) is 4.90 Å². The Morgan fingerprint density at radius 1 is 1.42 bits per heavy atom. The van der Waals surface area contributed by atoms with E-state index in [1.54, 1.807) is 6.07 Å². The maximum atomic E-state index is 13.8. The van der Waals surface area contributed by atoms with E-state index in [-0.39, 0.29) is 31.2 Å². The van der Waals surface area contributed by atoms with Crippen molar-refractivity contribution in [1.29, 1.82) is 0 Å². The molecule has 1 heterocycles. The average molecular weight is 262 g/mol. The van der Waals surface area contributed by atoms with Gasteiger partial charge in [-0.2, -0.15) is 0 Å². The van der Waals surface area contributed by atoms with Crippen molar-refractivity contribution in [3.05, 3.63) is 35.1 Å². The fourth-order valence-corrected chi connectivity index (χ4v) is 1.68. The van der Waals surface area contributed by atoms with Crippen molar-refractivity contribution in [2.24, 2.45) is 0 Å². The molecule has 0 aromatic heterocycles. The van der Waals surface area contributed by atoms with E-state index in [0.29, 0.717) is 5.56 Å². The summed E-state index contributed by atoms with van der Waals surface area (Å²) in [5.41, 5.74) is 0.660. The van der Waals surface area contributed by atoms with Crippen LogP contribution in [-0.2, 0) is 11.3 Å². The molecule has 6 heteroatoms. The number of hydrogen-bond donors (Lipinski definition) is 2. The molecule has 1 aromatic rings. The van der Waals surface area contributed by atoms with Gasteiger partial charge in [0.05, 0.1) is 13.1 Å². The van der Waals surface area contributed by atoms with Crippen LogP contribution in [0.15, 0.2) is 18.2 Å². The zero-order valence-electron chi connectivity index (χ0n) is 9.94. The molecule has 1 aromatic carbocycles. The van der Waals surface area contributed by atoms with E-state index in [9.17, 15) is 14.0 Å². The van der Waals surface area contributed by atoms with Gasteiger partial charge in [-0.25, -0.2) is 9.18 Å². The van der Waals surface area contributed by atoms with E-state index in [4.69, 9.17) is 5.11 Å². The Hall–Kier alpha value is -2.39. The first-order chi connectivity index (χ1) is 9.11. The summed E-state index contributed by atoms with van der Waals surface area (Å²) in [4.78, 5) is 23.7. The first-order valence-corrected chi connectivity index (χ1v) is 5.58. The van der Waals surface area contributed by atoms with Gasteiger partial charge in [-0.1, -0.05) is 17.9 Å². The number of imide groups is 1. The molecule has 5 nitrogen and oxygen atoms in total. The quantitative estimate of drug-likeness (QED) is 0.592. The monoisotopic (exact) mass is 262 g/mol. The highest BCUT2D eigenvalue weighted by Crippen LogP contribution is 2.14. The van der Waals surface area contributed by atoms with Gasteiger partial charge >= 0.3 is 6.03 Å². The van der Waals surface area contributed by atoms with Gasteiger partial charge in [-0.15, -0.1) is 0 Å². The zero-order valence-corrected chi connectivity index (χ0v) is 9.94. The standard InChI is InChI=1S/C13H11FN2O3/c14-11-6-9(2-1-5-17)3-4-10(11)8-16-12(18)7-15-13(16)19/h3-4,6,17H,5,7-8H2,(H,15,19). The number of carbonyl (C=O) groups is 2. The molecule has 0 aliphatic carbocycles. The smallest absolute Gasteiger partial charge is 0.324 e. The molecule has 0 atom stereocenters. The number of halogens is 1. The second-order valence-corrected chi connectivity index (χ2v) is 3.90. The number of urea groups is 1. The molecule has 1 saturated heterocycles. The van der Waals surface area contributed by atoms with Crippen molar-refractivity contribution in [3.63, 3.8) is 0 Å². The number of nitrogens with zero attached hydrogens (tertiary/aromatic N) is 1. The van der Waals surface area contributed by atoms with Gasteiger partial charge in [0, 0.05) is 11.1 Å². The first kappa shape index (κ1) is 13.1. The molecule has 0 unspecified atom stereocenters. The predicted octanol–water partition coefficient (Wildman–Crippen LogP) is 0.221. The largest absolute Gasteiger partial charge is 0.384 e. The SMILES string of the molecule is O=C1CNC(=O)N1Cc1ccc(C#CCO)cc1F. The molecule has 1 aliphatic rings. The normalized spacial score (nSPS) is 14.1. The molecule has 1 fully saturated rings. The molecule has 2 rings (SSSR count). The number of carbonyl (C=O) groups excluding carboxylic acids is 2. The lowest BCUT2D eigenvalue weighted by atomic mass is 10.1. The highest BCUT2D eigenvalue weighted by atomic mass is 19.1. The van der Waals surface area contributed by atoms with Crippen LogP contribution in [0.2, 0.25) is 0 Å². The summed E-state index contributed by atoms with van der Waals surface area (Å²) in [5, 5.41) is 10.9. The molecule has 0 radical (unpaired) electrons. The van der Waals surface area contributed by atoms with Crippen molar-refractivity contribution in [3.8, 4) is 11.8 Å². The number of benzene rings is 1. The van der Waals surface area contributed by atoms with Gasteiger partial charge in [-0.3, -0.25) is 9.69 Å². The number of aliphatic hydroxyl groups excluding tert-OH is 1. The van der Waals surface area contributed by atoms with Crippen LogP contribution in [0.25, 0.3) is 0 Å². The molecule has 0 bridgehead atoms. The van der Waals surface area contributed by atoms with Gasteiger partial charge < -0.3 is 10.4 Å². The Balaban J connectivity index is 2.17.